The summed E-state index contributed by atoms with van der Waals surface area (Å²) in [5.41, 5.74) is 1.11. The molecule has 19 heavy (non-hydrogen) atoms. The van der Waals surface area contributed by atoms with Gasteiger partial charge in [0.05, 0.1) is 5.56 Å². The summed E-state index contributed by atoms with van der Waals surface area (Å²) in [6.07, 6.45) is 0.361. The molecule has 0 aliphatic carbocycles. The van der Waals surface area contributed by atoms with E-state index in [0.717, 1.165) is 11.3 Å². The van der Waals surface area contributed by atoms with E-state index in [4.69, 9.17) is 11.6 Å². The van der Waals surface area contributed by atoms with Crippen molar-refractivity contribution >= 4 is 23.4 Å². The zero-order chi connectivity index (χ0) is 13.4. The van der Waals surface area contributed by atoms with E-state index in [1.54, 1.807) is 16.7 Å². The number of benzene rings is 1. The third-order valence-corrected chi connectivity index (χ3v) is 4.25. The van der Waals surface area contributed by atoms with Gasteiger partial charge in [0.2, 0.25) is 5.88 Å². The number of hydrogen-bond acceptors (Lipinski definition) is 4. The molecule has 1 N–H and O–H groups in total. The number of thioether (sulfide) groups is 1. The van der Waals surface area contributed by atoms with Gasteiger partial charge in [0.1, 0.15) is 0 Å². The standard InChI is InChI=1S/C13H11ClN2O2S/c14-9-3-1-8(2-4-9)7-10-11(17)15-13-16(12(10)18)5-6-19-13/h1-4,17H,5-7H2. The highest BCUT2D eigenvalue weighted by molar-refractivity contribution is 7.99. The molecule has 98 valence electrons. The molecular formula is C13H11ClN2O2S. The molecule has 2 heterocycles. The van der Waals surface area contributed by atoms with Crippen LogP contribution < -0.4 is 5.56 Å². The van der Waals surface area contributed by atoms with Crippen LogP contribution in [0.2, 0.25) is 5.02 Å². The van der Waals surface area contributed by atoms with E-state index in [9.17, 15) is 9.90 Å². The van der Waals surface area contributed by atoms with Crippen LogP contribution in [0, 0.1) is 0 Å². The Morgan fingerprint density at radius 3 is 2.84 bits per heavy atom. The van der Waals surface area contributed by atoms with Crippen LogP contribution in [-0.2, 0) is 13.0 Å². The summed E-state index contributed by atoms with van der Waals surface area (Å²) < 4.78 is 1.62. The molecule has 0 fully saturated rings. The highest BCUT2D eigenvalue weighted by atomic mass is 35.5. The van der Waals surface area contributed by atoms with Crippen LogP contribution in [-0.4, -0.2) is 20.4 Å². The number of rotatable bonds is 2. The fourth-order valence-corrected chi connectivity index (χ4v) is 3.12. The second-order valence-corrected chi connectivity index (χ2v) is 5.80. The number of halogens is 1. The number of aromatic hydroxyl groups is 1. The van der Waals surface area contributed by atoms with Crippen molar-refractivity contribution in [1.82, 2.24) is 9.55 Å². The summed E-state index contributed by atoms with van der Waals surface area (Å²) in [5.74, 6) is 0.659. The first-order valence-corrected chi connectivity index (χ1v) is 7.21. The van der Waals surface area contributed by atoms with Gasteiger partial charge >= 0.3 is 0 Å². The van der Waals surface area contributed by atoms with E-state index in [-0.39, 0.29) is 11.4 Å². The SMILES string of the molecule is O=c1c(Cc2ccc(Cl)cc2)c(O)nc2n1CCS2. The highest BCUT2D eigenvalue weighted by Crippen LogP contribution is 2.25. The number of hydrogen-bond donors (Lipinski definition) is 1. The third-order valence-electron chi connectivity index (χ3n) is 3.05. The first kappa shape index (κ1) is 12.6. The van der Waals surface area contributed by atoms with Gasteiger partial charge in [-0.1, -0.05) is 35.5 Å². The van der Waals surface area contributed by atoms with E-state index in [1.807, 2.05) is 12.1 Å². The zero-order valence-corrected chi connectivity index (χ0v) is 11.5. The van der Waals surface area contributed by atoms with Gasteiger partial charge in [0.15, 0.2) is 5.16 Å². The Morgan fingerprint density at radius 1 is 1.37 bits per heavy atom. The van der Waals surface area contributed by atoms with Gasteiger partial charge in [-0.05, 0) is 17.7 Å². The fraction of sp³-hybridized carbons (Fsp3) is 0.231. The fourth-order valence-electron chi connectivity index (χ4n) is 2.06. The van der Waals surface area contributed by atoms with Gasteiger partial charge < -0.3 is 5.11 Å². The van der Waals surface area contributed by atoms with Crippen molar-refractivity contribution in [2.45, 2.75) is 18.1 Å². The van der Waals surface area contributed by atoms with Crippen molar-refractivity contribution in [3.05, 3.63) is 50.8 Å². The molecule has 4 nitrogen and oxygen atoms in total. The molecule has 1 aliphatic rings. The average molecular weight is 295 g/mol. The van der Waals surface area contributed by atoms with Crippen molar-refractivity contribution in [2.75, 3.05) is 5.75 Å². The topological polar surface area (TPSA) is 55.1 Å². The van der Waals surface area contributed by atoms with Gasteiger partial charge in [-0.15, -0.1) is 0 Å². The molecule has 6 heteroatoms. The Balaban J connectivity index is 2.02. The van der Waals surface area contributed by atoms with Gasteiger partial charge in [0.25, 0.3) is 5.56 Å². The summed E-state index contributed by atoms with van der Waals surface area (Å²) in [6.45, 7) is 0.653. The van der Waals surface area contributed by atoms with Crippen molar-refractivity contribution < 1.29 is 5.11 Å². The molecule has 3 rings (SSSR count). The largest absolute Gasteiger partial charge is 0.493 e. The van der Waals surface area contributed by atoms with Crippen molar-refractivity contribution in [2.24, 2.45) is 0 Å². The van der Waals surface area contributed by atoms with E-state index in [1.165, 1.54) is 11.8 Å². The second-order valence-electron chi connectivity index (χ2n) is 4.31. The van der Waals surface area contributed by atoms with E-state index in [2.05, 4.69) is 4.98 Å². The van der Waals surface area contributed by atoms with Crippen LogP contribution in [0.5, 0.6) is 5.88 Å². The van der Waals surface area contributed by atoms with Gasteiger partial charge in [-0.25, -0.2) is 0 Å². The number of fused-ring (bicyclic) bond motifs is 1. The predicted molar refractivity (Wildman–Crippen MR) is 75.1 cm³/mol. The first-order valence-electron chi connectivity index (χ1n) is 5.85. The number of aromatic nitrogens is 2. The normalized spacial score (nSPS) is 13.5. The number of nitrogens with zero attached hydrogens (tertiary/aromatic N) is 2. The van der Waals surface area contributed by atoms with Crippen LogP contribution in [0.3, 0.4) is 0 Å². The van der Waals surface area contributed by atoms with E-state index in [0.29, 0.717) is 28.7 Å². The smallest absolute Gasteiger partial charge is 0.261 e. The lowest BCUT2D eigenvalue weighted by molar-refractivity contribution is 0.428. The Labute approximate surface area is 119 Å². The third kappa shape index (κ3) is 2.35. The minimum atomic E-state index is -0.166. The predicted octanol–water partition coefficient (Wildman–Crippen LogP) is 2.30. The summed E-state index contributed by atoms with van der Waals surface area (Å²) in [6, 6.07) is 7.21. The van der Waals surface area contributed by atoms with Crippen LogP contribution in [0.4, 0.5) is 0 Å². The molecular weight excluding hydrogens is 284 g/mol. The maximum absolute atomic E-state index is 12.3. The maximum atomic E-state index is 12.3. The van der Waals surface area contributed by atoms with E-state index >= 15 is 0 Å². The van der Waals surface area contributed by atoms with E-state index < -0.39 is 0 Å². The van der Waals surface area contributed by atoms with Crippen LogP contribution in [0.25, 0.3) is 0 Å². The van der Waals surface area contributed by atoms with Crippen molar-refractivity contribution in [1.29, 1.82) is 0 Å². The molecule has 0 saturated heterocycles. The molecule has 1 aromatic carbocycles. The molecule has 0 radical (unpaired) electrons. The molecule has 0 spiro atoms. The first-order chi connectivity index (χ1) is 9.15. The summed E-state index contributed by atoms with van der Waals surface area (Å²) >= 11 is 7.31. The molecule has 1 aromatic heterocycles. The lowest BCUT2D eigenvalue weighted by Crippen LogP contribution is -2.24. The Hall–Kier alpha value is -1.46. The van der Waals surface area contributed by atoms with Gasteiger partial charge in [-0.2, -0.15) is 4.98 Å². The minimum absolute atomic E-state index is 0.151. The minimum Gasteiger partial charge on any atom is -0.493 e. The lowest BCUT2D eigenvalue weighted by atomic mass is 10.1. The maximum Gasteiger partial charge on any atom is 0.261 e. The van der Waals surface area contributed by atoms with Crippen LogP contribution >= 0.6 is 23.4 Å². The zero-order valence-electron chi connectivity index (χ0n) is 9.97. The molecule has 0 saturated carbocycles. The molecule has 1 aliphatic heterocycles. The highest BCUT2D eigenvalue weighted by Gasteiger charge is 2.20. The summed E-state index contributed by atoms with van der Waals surface area (Å²) in [4.78, 5) is 16.4. The quantitative estimate of drug-likeness (QED) is 0.864. The monoisotopic (exact) mass is 294 g/mol. The van der Waals surface area contributed by atoms with Crippen LogP contribution in [0.15, 0.2) is 34.2 Å². The second kappa shape index (κ2) is 4.90. The summed E-state index contributed by atoms with van der Waals surface area (Å²) in [7, 11) is 0. The van der Waals surface area contributed by atoms with Crippen molar-refractivity contribution in [3.63, 3.8) is 0 Å². The Morgan fingerprint density at radius 2 is 2.11 bits per heavy atom. The molecule has 0 amide bonds. The molecule has 0 unspecified atom stereocenters. The average Bonchev–Trinajstić information content (AvgIpc) is 2.85. The Kier molecular flexibility index (Phi) is 3.24. The molecule has 2 aromatic rings. The Bertz CT molecular complexity index is 682. The van der Waals surface area contributed by atoms with Gasteiger partial charge in [-0.3, -0.25) is 9.36 Å². The summed E-state index contributed by atoms with van der Waals surface area (Å²) in [5, 5.41) is 11.2. The van der Waals surface area contributed by atoms with Crippen LogP contribution in [0.1, 0.15) is 11.1 Å². The van der Waals surface area contributed by atoms with Gasteiger partial charge in [0, 0.05) is 23.7 Å². The molecule has 0 bridgehead atoms. The lowest BCUT2D eigenvalue weighted by Gasteiger charge is -2.07. The molecule has 0 atom stereocenters. The van der Waals surface area contributed by atoms with Crippen molar-refractivity contribution in [3.8, 4) is 5.88 Å².